The first-order valence-electron chi connectivity index (χ1n) is 9.18. The van der Waals surface area contributed by atoms with Crippen LogP contribution < -0.4 is 5.56 Å². The number of benzene rings is 1. The highest BCUT2D eigenvalue weighted by Gasteiger charge is 2.20. The van der Waals surface area contributed by atoms with Crippen molar-refractivity contribution < 1.29 is 19.8 Å². The zero-order valence-corrected chi connectivity index (χ0v) is 15.7. The van der Waals surface area contributed by atoms with Crippen LogP contribution in [0.15, 0.2) is 71.8 Å². The molecule has 0 aliphatic heterocycles. The van der Waals surface area contributed by atoms with Gasteiger partial charge in [0.15, 0.2) is 0 Å². The van der Waals surface area contributed by atoms with E-state index in [2.05, 4.69) is 5.10 Å². The highest BCUT2D eigenvalue weighted by molar-refractivity contribution is 5.95. The molecule has 1 aromatic carbocycles. The number of hydrogen-bond donors (Lipinski definition) is 2. The smallest absolute Gasteiger partial charge is 0.341 e. The Morgan fingerprint density at radius 2 is 1.70 bits per heavy atom. The Balaban J connectivity index is 2.01. The van der Waals surface area contributed by atoms with E-state index in [1.807, 2.05) is 48.5 Å². The van der Waals surface area contributed by atoms with Crippen LogP contribution >= 0.6 is 0 Å². The Morgan fingerprint density at radius 3 is 2.40 bits per heavy atom. The summed E-state index contributed by atoms with van der Waals surface area (Å²) in [6.45, 7) is -0.137. The van der Waals surface area contributed by atoms with Crippen molar-refractivity contribution in [2.75, 3.05) is 0 Å². The quantitative estimate of drug-likeness (QED) is 0.512. The molecule has 0 unspecified atom stereocenters. The fourth-order valence-electron chi connectivity index (χ4n) is 3.39. The van der Waals surface area contributed by atoms with Gasteiger partial charge in [0.05, 0.1) is 11.9 Å². The molecule has 0 fully saturated rings. The molecule has 8 nitrogen and oxygen atoms in total. The number of nitrogens with zero attached hydrogens (tertiary/aromatic N) is 3. The van der Waals surface area contributed by atoms with Gasteiger partial charge >= 0.3 is 11.9 Å². The molecule has 0 aliphatic rings. The van der Waals surface area contributed by atoms with E-state index in [1.165, 1.54) is 12.3 Å². The van der Waals surface area contributed by atoms with E-state index in [9.17, 15) is 19.5 Å². The number of aromatic carboxylic acids is 1. The van der Waals surface area contributed by atoms with Gasteiger partial charge in [-0.2, -0.15) is 5.10 Å². The van der Waals surface area contributed by atoms with Crippen LogP contribution in [0.5, 0.6) is 0 Å². The van der Waals surface area contributed by atoms with Crippen LogP contribution in [-0.2, 0) is 11.3 Å². The van der Waals surface area contributed by atoms with Crippen LogP contribution in [0, 0.1) is 0 Å². The maximum atomic E-state index is 12.5. The molecule has 3 heterocycles. The van der Waals surface area contributed by atoms with Crippen molar-refractivity contribution in [3.8, 4) is 22.4 Å². The average Bonchev–Trinajstić information content (AvgIpc) is 3.13. The van der Waals surface area contributed by atoms with Gasteiger partial charge in [-0.1, -0.05) is 36.4 Å². The van der Waals surface area contributed by atoms with Gasteiger partial charge in [0, 0.05) is 35.6 Å². The minimum Gasteiger partial charge on any atom is -0.481 e. The van der Waals surface area contributed by atoms with E-state index in [4.69, 9.17) is 5.11 Å². The monoisotopic (exact) mass is 403 g/mol. The first-order valence-corrected chi connectivity index (χ1v) is 9.18. The first-order chi connectivity index (χ1) is 14.5. The fourth-order valence-corrected chi connectivity index (χ4v) is 3.39. The van der Waals surface area contributed by atoms with Crippen molar-refractivity contribution in [1.82, 2.24) is 14.2 Å². The van der Waals surface area contributed by atoms with E-state index in [1.54, 1.807) is 10.7 Å². The lowest BCUT2D eigenvalue weighted by molar-refractivity contribution is -0.137. The van der Waals surface area contributed by atoms with Crippen molar-refractivity contribution in [2.45, 2.75) is 13.0 Å². The number of aliphatic carboxylic acids is 1. The van der Waals surface area contributed by atoms with Crippen molar-refractivity contribution in [2.24, 2.45) is 0 Å². The van der Waals surface area contributed by atoms with Crippen molar-refractivity contribution in [3.05, 3.63) is 82.9 Å². The van der Waals surface area contributed by atoms with Gasteiger partial charge in [0.25, 0.3) is 5.56 Å². The van der Waals surface area contributed by atoms with Crippen LogP contribution in [0.1, 0.15) is 16.8 Å². The summed E-state index contributed by atoms with van der Waals surface area (Å²) < 4.78 is 2.82. The van der Waals surface area contributed by atoms with Crippen LogP contribution in [0.25, 0.3) is 27.9 Å². The number of carboxylic acid groups (broad SMARTS) is 2. The SMILES string of the molecule is O=C(O)CCn1cc(-c2c(-c3ccccc3)nn3ccccc23)cc(C(=O)O)c1=O. The van der Waals surface area contributed by atoms with Crippen molar-refractivity contribution >= 4 is 17.5 Å². The predicted octanol–water partition coefficient (Wildman–Crippen LogP) is 3.00. The summed E-state index contributed by atoms with van der Waals surface area (Å²) in [7, 11) is 0. The fraction of sp³-hybridized carbons (Fsp3) is 0.0909. The van der Waals surface area contributed by atoms with Crippen LogP contribution in [0.2, 0.25) is 0 Å². The molecule has 0 saturated heterocycles. The number of carbonyl (C=O) groups is 2. The molecule has 3 aromatic heterocycles. The second kappa shape index (κ2) is 7.67. The highest BCUT2D eigenvalue weighted by atomic mass is 16.4. The lowest BCUT2D eigenvalue weighted by Crippen LogP contribution is -2.27. The molecular formula is C22H17N3O5. The molecule has 0 amide bonds. The zero-order valence-electron chi connectivity index (χ0n) is 15.7. The number of pyridine rings is 2. The Morgan fingerprint density at radius 1 is 0.967 bits per heavy atom. The number of hydrogen-bond acceptors (Lipinski definition) is 4. The number of carboxylic acids is 2. The molecule has 8 heteroatoms. The van der Waals surface area contributed by atoms with Crippen LogP contribution in [0.3, 0.4) is 0 Å². The molecule has 2 N–H and O–H groups in total. The summed E-state index contributed by atoms with van der Waals surface area (Å²) in [6.07, 6.45) is 2.97. The molecule has 30 heavy (non-hydrogen) atoms. The molecule has 150 valence electrons. The number of fused-ring (bicyclic) bond motifs is 1. The third-order valence-electron chi connectivity index (χ3n) is 4.76. The second-order valence-electron chi connectivity index (χ2n) is 6.71. The van der Waals surface area contributed by atoms with E-state index in [-0.39, 0.29) is 13.0 Å². The number of aryl methyl sites for hydroxylation is 1. The van der Waals surface area contributed by atoms with Gasteiger partial charge in [0.2, 0.25) is 0 Å². The minimum atomic E-state index is -1.37. The summed E-state index contributed by atoms with van der Waals surface area (Å²) in [6, 6.07) is 16.3. The third-order valence-corrected chi connectivity index (χ3v) is 4.76. The molecule has 0 saturated carbocycles. The summed E-state index contributed by atoms with van der Waals surface area (Å²) in [4.78, 5) is 35.2. The highest BCUT2D eigenvalue weighted by Crippen LogP contribution is 2.35. The second-order valence-corrected chi connectivity index (χ2v) is 6.71. The Labute approximate surface area is 170 Å². The van der Waals surface area contributed by atoms with Gasteiger partial charge in [-0.05, 0) is 18.2 Å². The standard InChI is InChI=1S/C22H17N3O5/c26-18(27)9-11-24-13-15(12-16(21(24)28)22(29)30)19-17-8-4-5-10-25(17)23-20(19)14-6-2-1-3-7-14/h1-8,10,12-13H,9,11H2,(H,26,27)(H,29,30). The largest absolute Gasteiger partial charge is 0.481 e. The van der Waals surface area contributed by atoms with Gasteiger partial charge < -0.3 is 14.8 Å². The van der Waals surface area contributed by atoms with E-state index in [0.29, 0.717) is 16.8 Å². The van der Waals surface area contributed by atoms with Gasteiger partial charge in [-0.3, -0.25) is 9.59 Å². The van der Waals surface area contributed by atoms with E-state index in [0.717, 1.165) is 15.6 Å². The maximum Gasteiger partial charge on any atom is 0.341 e. The summed E-state index contributed by atoms with van der Waals surface area (Å²) >= 11 is 0. The van der Waals surface area contributed by atoms with E-state index < -0.39 is 23.1 Å². The lowest BCUT2D eigenvalue weighted by atomic mass is 9.99. The third kappa shape index (κ3) is 3.46. The van der Waals surface area contributed by atoms with E-state index >= 15 is 0 Å². The molecular weight excluding hydrogens is 386 g/mol. The molecule has 0 spiro atoms. The molecule has 4 aromatic rings. The number of rotatable bonds is 6. The Hall–Kier alpha value is -4.20. The van der Waals surface area contributed by atoms with Crippen LogP contribution in [0.4, 0.5) is 0 Å². The predicted molar refractivity (Wildman–Crippen MR) is 110 cm³/mol. The molecule has 4 rings (SSSR count). The summed E-state index contributed by atoms with van der Waals surface area (Å²) in [5.74, 6) is -2.45. The maximum absolute atomic E-state index is 12.5. The molecule has 0 aliphatic carbocycles. The van der Waals surface area contributed by atoms with Crippen LogP contribution in [-0.4, -0.2) is 36.3 Å². The number of aromatic nitrogens is 3. The average molecular weight is 403 g/mol. The lowest BCUT2D eigenvalue weighted by Gasteiger charge is -2.10. The van der Waals surface area contributed by atoms with Gasteiger partial charge in [-0.25, -0.2) is 9.31 Å². The van der Waals surface area contributed by atoms with Gasteiger partial charge in [0.1, 0.15) is 11.3 Å². The molecule has 0 bridgehead atoms. The van der Waals surface area contributed by atoms with Crippen molar-refractivity contribution in [1.29, 1.82) is 0 Å². The Bertz CT molecular complexity index is 1320. The summed E-state index contributed by atoms with van der Waals surface area (Å²) in [5, 5.41) is 23.2. The minimum absolute atomic E-state index is 0.137. The Kier molecular flexibility index (Phi) is 4.89. The van der Waals surface area contributed by atoms with Crippen molar-refractivity contribution in [3.63, 3.8) is 0 Å². The topological polar surface area (TPSA) is 114 Å². The summed E-state index contributed by atoms with van der Waals surface area (Å²) in [5.41, 5.74) is 2.15. The normalized spacial score (nSPS) is 10.9. The van der Waals surface area contributed by atoms with Gasteiger partial charge in [-0.15, -0.1) is 0 Å². The first kappa shape index (κ1) is 19.1. The zero-order chi connectivity index (χ0) is 21.3. The molecule has 0 radical (unpaired) electrons. The molecule has 0 atom stereocenters.